The number of methoxy groups -OCH3 is 2. The molecule has 0 bridgehead atoms. The minimum Gasteiger partial charge on any atom is -0.493 e. The van der Waals surface area contributed by atoms with E-state index >= 15 is 0 Å². The molecule has 0 fully saturated rings. The number of benzene rings is 2. The molecular formula is C21H24N4O3S. The molecule has 0 radical (unpaired) electrons. The molecule has 1 heterocycles. The van der Waals surface area contributed by atoms with E-state index in [0.29, 0.717) is 22.5 Å². The van der Waals surface area contributed by atoms with Crippen LogP contribution in [-0.2, 0) is 11.8 Å². The summed E-state index contributed by atoms with van der Waals surface area (Å²) < 4.78 is 12.5. The molecule has 1 aromatic heterocycles. The van der Waals surface area contributed by atoms with E-state index in [4.69, 9.17) is 9.47 Å². The van der Waals surface area contributed by atoms with Crippen molar-refractivity contribution in [3.63, 3.8) is 0 Å². The van der Waals surface area contributed by atoms with Crippen molar-refractivity contribution in [1.82, 2.24) is 20.1 Å². The zero-order valence-electron chi connectivity index (χ0n) is 16.9. The van der Waals surface area contributed by atoms with E-state index in [9.17, 15) is 4.79 Å². The molecule has 2 aromatic carbocycles. The third-order valence-corrected chi connectivity index (χ3v) is 5.51. The van der Waals surface area contributed by atoms with Crippen LogP contribution in [0.4, 0.5) is 0 Å². The van der Waals surface area contributed by atoms with Crippen molar-refractivity contribution in [2.45, 2.75) is 18.1 Å². The number of ether oxygens (including phenoxy) is 2. The molecule has 3 aromatic rings. The SMILES string of the molecule is COc1ccc(-c2nnc(SCC(=O)NC(C)c3ccccc3)n2C)cc1OC. The quantitative estimate of drug-likeness (QED) is 0.571. The Balaban J connectivity index is 1.65. The molecule has 0 aliphatic heterocycles. The predicted molar refractivity (Wildman–Crippen MR) is 113 cm³/mol. The third-order valence-electron chi connectivity index (χ3n) is 4.49. The standard InChI is InChI=1S/C21H24N4O3S/c1-14(15-8-6-5-7-9-15)22-19(26)13-29-21-24-23-20(25(21)2)16-10-11-17(27-3)18(12-16)28-4/h5-12,14H,13H2,1-4H3,(H,22,26). The van der Waals surface area contributed by atoms with Gasteiger partial charge >= 0.3 is 0 Å². The molecular weight excluding hydrogens is 388 g/mol. The summed E-state index contributed by atoms with van der Waals surface area (Å²) in [5.41, 5.74) is 1.92. The first-order chi connectivity index (χ1) is 14.0. The topological polar surface area (TPSA) is 78.3 Å². The van der Waals surface area contributed by atoms with Crippen LogP contribution in [0.25, 0.3) is 11.4 Å². The number of hydrogen-bond donors (Lipinski definition) is 1. The number of rotatable bonds is 8. The second-order valence-corrected chi connectivity index (χ2v) is 7.37. The van der Waals surface area contributed by atoms with Crippen molar-refractivity contribution >= 4 is 17.7 Å². The lowest BCUT2D eigenvalue weighted by Crippen LogP contribution is -2.28. The van der Waals surface area contributed by atoms with Gasteiger partial charge in [-0.1, -0.05) is 42.1 Å². The van der Waals surface area contributed by atoms with Gasteiger partial charge in [-0.2, -0.15) is 0 Å². The summed E-state index contributed by atoms with van der Waals surface area (Å²) in [5.74, 6) is 2.16. The van der Waals surface area contributed by atoms with Gasteiger partial charge in [0.15, 0.2) is 22.5 Å². The number of aromatic nitrogens is 3. The Hall–Kier alpha value is -3.00. The smallest absolute Gasteiger partial charge is 0.230 e. The second-order valence-electron chi connectivity index (χ2n) is 6.42. The summed E-state index contributed by atoms with van der Waals surface area (Å²) in [6, 6.07) is 15.4. The van der Waals surface area contributed by atoms with Crippen molar-refractivity contribution in [1.29, 1.82) is 0 Å². The van der Waals surface area contributed by atoms with Crippen LogP contribution in [0, 0.1) is 0 Å². The first-order valence-corrected chi connectivity index (χ1v) is 10.1. The Bertz CT molecular complexity index is 975. The molecule has 8 heteroatoms. The monoisotopic (exact) mass is 412 g/mol. The van der Waals surface area contributed by atoms with Crippen molar-refractivity contribution in [3.05, 3.63) is 54.1 Å². The summed E-state index contributed by atoms with van der Waals surface area (Å²) >= 11 is 1.35. The molecule has 0 aliphatic rings. The summed E-state index contributed by atoms with van der Waals surface area (Å²) in [5, 5.41) is 12.2. The third kappa shape index (κ3) is 4.89. The Morgan fingerprint density at radius 2 is 1.83 bits per heavy atom. The first-order valence-electron chi connectivity index (χ1n) is 9.12. The van der Waals surface area contributed by atoms with Crippen molar-refractivity contribution in [3.8, 4) is 22.9 Å². The molecule has 0 spiro atoms. The van der Waals surface area contributed by atoms with Crippen LogP contribution in [0.3, 0.4) is 0 Å². The normalized spacial score (nSPS) is 11.7. The molecule has 1 N–H and O–H groups in total. The highest BCUT2D eigenvalue weighted by atomic mass is 32.2. The minimum absolute atomic E-state index is 0.0499. The van der Waals surface area contributed by atoms with Crippen LogP contribution in [0.2, 0.25) is 0 Å². The lowest BCUT2D eigenvalue weighted by Gasteiger charge is -2.14. The molecule has 1 atom stereocenters. The van der Waals surface area contributed by atoms with Crippen LogP contribution in [-0.4, -0.2) is 40.6 Å². The van der Waals surface area contributed by atoms with E-state index in [0.717, 1.165) is 11.1 Å². The maximum atomic E-state index is 12.3. The molecule has 3 rings (SSSR count). The number of nitrogens with one attached hydrogen (secondary N) is 1. The van der Waals surface area contributed by atoms with E-state index in [2.05, 4.69) is 15.5 Å². The molecule has 152 valence electrons. The van der Waals surface area contributed by atoms with Gasteiger partial charge in [-0.15, -0.1) is 10.2 Å². The molecule has 1 unspecified atom stereocenters. The van der Waals surface area contributed by atoms with Crippen LogP contribution in [0.1, 0.15) is 18.5 Å². The zero-order chi connectivity index (χ0) is 20.8. The number of carbonyl (C=O) groups is 1. The first kappa shape index (κ1) is 20.7. The van der Waals surface area contributed by atoms with Gasteiger partial charge in [0, 0.05) is 12.6 Å². The molecule has 1 amide bonds. The maximum Gasteiger partial charge on any atom is 0.230 e. The van der Waals surface area contributed by atoms with E-state index in [1.807, 2.05) is 67.1 Å². The minimum atomic E-state index is -0.0537. The van der Waals surface area contributed by atoms with Gasteiger partial charge in [-0.25, -0.2) is 0 Å². The Morgan fingerprint density at radius 1 is 1.10 bits per heavy atom. The van der Waals surface area contributed by atoms with E-state index in [1.165, 1.54) is 11.8 Å². The largest absolute Gasteiger partial charge is 0.493 e. The number of carbonyl (C=O) groups excluding carboxylic acids is 1. The van der Waals surface area contributed by atoms with Gasteiger partial charge in [-0.05, 0) is 30.7 Å². The summed E-state index contributed by atoms with van der Waals surface area (Å²) in [4.78, 5) is 12.3. The highest BCUT2D eigenvalue weighted by Gasteiger charge is 2.16. The second kappa shape index (κ2) is 9.47. The Labute approximate surface area is 174 Å². The van der Waals surface area contributed by atoms with Gasteiger partial charge in [0.1, 0.15) is 0 Å². The fourth-order valence-corrected chi connectivity index (χ4v) is 3.63. The highest BCUT2D eigenvalue weighted by Crippen LogP contribution is 2.32. The average Bonchev–Trinajstić information content (AvgIpc) is 3.12. The van der Waals surface area contributed by atoms with E-state index in [-0.39, 0.29) is 17.7 Å². The molecule has 29 heavy (non-hydrogen) atoms. The molecule has 0 saturated heterocycles. The number of thioether (sulfide) groups is 1. The fraction of sp³-hybridized carbons (Fsp3) is 0.286. The molecule has 7 nitrogen and oxygen atoms in total. The zero-order valence-corrected chi connectivity index (χ0v) is 17.7. The summed E-state index contributed by atoms with van der Waals surface area (Å²) in [6.45, 7) is 1.97. The lowest BCUT2D eigenvalue weighted by atomic mass is 10.1. The van der Waals surface area contributed by atoms with Gasteiger partial charge in [-0.3, -0.25) is 4.79 Å². The number of amides is 1. The van der Waals surface area contributed by atoms with Crippen LogP contribution < -0.4 is 14.8 Å². The molecule has 0 saturated carbocycles. The number of nitrogens with zero attached hydrogens (tertiary/aromatic N) is 3. The van der Waals surface area contributed by atoms with Crippen LogP contribution in [0.5, 0.6) is 11.5 Å². The van der Waals surface area contributed by atoms with Gasteiger partial charge < -0.3 is 19.4 Å². The van der Waals surface area contributed by atoms with Crippen molar-refractivity contribution < 1.29 is 14.3 Å². The van der Waals surface area contributed by atoms with Crippen molar-refractivity contribution in [2.24, 2.45) is 7.05 Å². The predicted octanol–water partition coefficient (Wildman–Crippen LogP) is 3.47. The van der Waals surface area contributed by atoms with Gasteiger partial charge in [0.2, 0.25) is 5.91 Å². The highest BCUT2D eigenvalue weighted by molar-refractivity contribution is 7.99. The summed E-state index contributed by atoms with van der Waals surface area (Å²) in [6.07, 6.45) is 0. The average molecular weight is 413 g/mol. The Morgan fingerprint density at radius 3 is 2.52 bits per heavy atom. The van der Waals surface area contributed by atoms with Gasteiger partial charge in [0.05, 0.1) is 26.0 Å². The molecule has 0 aliphatic carbocycles. The van der Waals surface area contributed by atoms with Crippen LogP contribution >= 0.6 is 11.8 Å². The van der Waals surface area contributed by atoms with Gasteiger partial charge in [0.25, 0.3) is 0 Å². The fourth-order valence-electron chi connectivity index (χ4n) is 2.91. The summed E-state index contributed by atoms with van der Waals surface area (Å²) in [7, 11) is 5.06. The van der Waals surface area contributed by atoms with E-state index < -0.39 is 0 Å². The number of hydrogen-bond acceptors (Lipinski definition) is 6. The Kier molecular flexibility index (Phi) is 6.77. The maximum absolute atomic E-state index is 12.3. The van der Waals surface area contributed by atoms with Crippen molar-refractivity contribution in [2.75, 3.05) is 20.0 Å². The van der Waals surface area contributed by atoms with E-state index in [1.54, 1.807) is 14.2 Å². The van der Waals surface area contributed by atoms with Crippen LogP contribution in [0.15, 0.2) is 53.7 Å². The lowest BCUT2D eigenvalue weighted by molar-refractivity contribution is -0.119.